The van der Waals surface area contributed by atoms with Gasteiger partial charge in [-0.15, -0.1) is 0 Å². The molecule has 1 N–H and O–H groups in total. The van der Waals surface area contributed by atoms with E-state index in [2.05, 4.69) is 147 Å². The summed E-state index contributed by atoms with van der Waals surface area (Å²) in [5, 5.41) is 3.30. The quantitative estimate of drug-likeness (QED) is 0.276. The zero-order valence-electron chi connectivity index (χ0n) is 26.7. The topological polar surface area (TPSA) is 15.3 Å². The monoisotopic (exact) mass is 588 g/mol. The van der Waals surface area contributed by atoms with Crippen molar-refractivity contribution in [1.29, 1.82) is 0 Å². The Morgan fingerprint density at radius 1 is 0.867 bits per heavy atom. The third kappa shape index (κ3) is 6.66. The van der Waals surface area contributed by atoms with E-state index in [9.17, 15) is 0 Å². The van der Waals surface area contributed by atoms with E-state index in [1.165, 1.54) is 39.2 Å². The van der Waals surface area contributed by atoms with Crippen molar-refractivity contribution in [3.63, 3.8) is 0 Å². The van der Waals surface area contributed by atoms with Gasteiger partial charge in [-0.2, -0.15) is 0 Å². The van der Waals surface area contributed by atoms with Crippen LogP contribution in [0, 0.1) is 11.8 Å². The lowest BCUT2D eigenvalue weighted by Gasteiger charge is -2.38. The summed E-state index contributed by atoms with van der Waals surface area (Å²) in [5.41, 5.74) is 12.0. The van der Waals surface area contributed by atoms with E-state index < -0.39 is 0 Å². The Bertz CT molecular complexity index is 1730. The molecule has 0 amide bonds. The number of hydrogen-bond donors (Lipinski definition) is 1. The van der Waals surface area contributed by atoms with Crippen LogP contribution in [0.25, 0.3) is 6.08 Å². The van der Waals surface area contributed by atoms with Crippen molar-refractivity contribution < 1.29 is 0 Å². The summed E-state index contributed by atoms with van der Waals surface area (Å²) in [5.74, 6) is 1.41. The minimum Gasteiger partial charge on any atom is -0.356 e. The summed E-state index contributed by atoms with van der Waals surface area (Å²) in [7, 11) is 0. The Balaban J connectivity index is 0.000000216. The van der Waals surface area contributed by atoms with Crippen LogP contribution in [0.1, 0.15) is 49.8 Å². The van der Waals surface area contributed by atoms with Crippen molar-refractivity contribution in [3.05, 3.63) is 180 Å². The Hall–Kier alpha value is -4.82. The third-order valence-electron chi connectivity index (χ3n) is 8.91. The van der Waals surface area contributed by atoms with E-state index in [1.54, 1.807) is 0 Å². The molecule has 4 aliphatic carbocycles. The van der Waals surface area contributed by atoms with E-state index in [-0.39, 0.29) is 0 Å². The maximum Gasteiger partial charge on any atom is 0.0560 e. The lowest BCUT2D eigenvalue weighted by molar-refractivity contribution is 0.659. The fourth-order valence-corrected chi connectivity index (χ4v) is 6.86. The standard InChI is InChI=1S/C30H27N.C13H17N/c1-21-15-16-23-17-19-27-28(20-18-22-9-8-14-26(21)29(23)30(22)27)31(24-10-4-2-5-11-24)25-12-6-3-7-13-25;1-4-12(10-11(2)3)14-13-8-6-5-7-9-13/h2-8,10-12,14-20,23,25,29H,9,13H2,1H3;4-11,14H,1H2,2-3H3/b;12-10+. The maximum absolute atomic E-state index is 3.78. The van der Waals surface area contributed by atoms with E-state index >= 15 is 0 Å². The Morgan fingerprint density at radius 2 is 1.62 bits per heavy atom. The Morgan fingerprint density at radius 3 is 2.33 bits per heavy atom. The number of para-hydroxylation sites is 2. The van der Waals surface area contributed by atoms with Gasteiger partial charge in [0.2, 0.25) is 0 Å². The zero-order valence-corrected chi connectivity index (χ0v) is 26.7. The van der Waals surface area contributed by atoms with Gasteiger partial charge in [0.15, 0.2) is 0 Å². The molecule has 45 heavy (non-hydrogen) atoms. The van der Waals surface area contributed by atoms with Crippen LogP contribution in [-0.4, -0.2) is 6.04 Å². The van der Waals surface area contributed by atoms with Crippen LogP contribution in [0.4, 0.5) is 17.1 Å². The minimum absolute atomic E-state index is 0.319. The second-order valence-electron chi connectivity index (χ2n) is 12.5. The SMILES string of the molecule is C=C/C(=C\C(C)C)Nc1ccccc1.CC1=C2C=CCc3ccc(N(c4ccccc4)C4C=CC=CC4)c4c3C2C(C=C1)C=C4. The van der Waals surface area contributed by atoms with Crippen LogP contribution in [0.2, 0.25) is 0 Å². The van der Waals surface area contributed by atoms with E-state index in [0.717, 1.165) is 24.2 Å². The van der Waals surface area contributed by atoms with Crippen LogP contribution in [0.5, 0.6) is 0 Å². The summed E-state index contributed by atoms with van der Waals surface area (Å²) < 4.78 is 0. The summed E-state index contributed by atoms with van der Waals surface area (Å²) >= 11 is 0. The van der Waals surface area contributed by atoms with Crippen molar-refractivity contribution in [1.82, 2.24) is 0 Å². The van der Waals surface area contributed by atoms with Gasteiger partial charge < -0.3 is 10.2 Å². The molecule has 0 aliphatic heterocycles. The van der Waals surface area contributed by atoms with E-state index in [0.29, 0.717) is 23.8 Å². The average molecular weight is 589 g/mol. The first-order chi connectivity index (χ1) is 22.0. The molecule has 0 radical (unpaired) electrons. The molecule has 226 valence electrons. The van der Waals surface area contributed by atoms with Gasteiger partial charge in [0.05, 0.1) is 6.04 Å². The van der Waals surface area contributed by atoms with Gasteiger partial charge in [-0.25, -0.2) is 0 Å². The number of nitrogens with one attached hydrogen (secondary N) is 1. The largest absolute Gasteiger partial charge is 0.356 e. The molecule has 0 aromatic heterocycles. The second-order valence-corrected chi connectivity index (χ2v) is 12.5. The van der Waals surface area contributed by atoms with Crippen LogP contribution in [0.3, 0.4) is 0 Å². The Kier molecular flexibility index (Phi) is 9.31. The highest BCUT2D eigenvalue weighted by Crippen LogP contribution is 2.50. The first-order valence-corrected chi connectivity index (χ1v) is 16.3. The molecule has 7 rings (SSSR count). The van der Waals surface area contributed by atoms with Crippen LogP contribution in [-0.2, 0) is 6.42 Å². The predicted octanol–water partition coefficient (Wildman–Crippen LogP) is 11.3. The highest BCUT2D eigenvalue weighted by Gasteiger charge is 2.35. The maximum atomic E-state index is 3.78. The van der Waals surface area contributed by atoms with Gasteiger partial charge in [0, 0.05) is 40.2 Å². The molecular weight excluding hydrogens is 544 g/mol. The molecule has 0 bridgehead atoms. The lowest BCUT2D eigenvalue weighted by Crippen LogP contribution is -2.31. The van der Waals surface area contributed by atoms with Gasteiger partial charge in [-0.05, 0) is 84.4 Å². The fourth-order valence-electron chi connectivity index (χ4n) is 6.86. The molecule has 0 saturated heterocycles. The van der Waals surface area contributed by atoms with Crippen molar-refractivity contribution in [2.45, 2.75) is 45.6 Å². The highest BCUT2D eigenvalue weighted by atomic mass is 15.2. The van der Waals surface area contributed by atoms with Gasteiger partial charge in [0.25, 0.3) is 0 Å². The number of allylic oxidation sites excluding steroid dienone is 11. The summed E-state index contributed by atoms with van der Waals surface area (Å²) in [6.45, 7) is 10.3. The van der Waals surface area contributed by atoms with Crippen molar-refractivity contribution in [2.75, 3.05) is 10.2 Å². The molecule has 3 aromatic rings. The lowest BCUT2D eigenvalue weighted by atomic mass is 9.70. The van der Waals surface area contributed by atoms with E-state index in [1.807, 2.05) is 36.4 Å². The van der Waals surface area contributed by atoms with Crippen molar-refractivity contribution >= 4 is 23.1 Å². The molecule has 0 fully saturated rings. The third-order valence-corrected chi connectivity index (χ3v) is 8.91. The number of benzene rings is 3. The van der Waals surface area contributed by atoms with Crippen molar-refractivity contribution in [2.24, 2.45) is 11.8 Å². The molecular formula is C43H44N2. The molecule has 3 atom stereocenters. The number of anilines is 3. The number of nitrogens with zero attached hydrogens (tertiary/aromatic N) is 1. The molecule has 2 nitrogen and oxygen atoms in total. The average Bonchev–Trinajstić information content (AvgIpc) is 3.28. The highest BCUT2D eigenvalue weighted by molar-refractivity contribution is 5.81. The van der Waals surface area contributed by atoms with Gasteiger partial charge in [0.1, 0.15) is 0 Å². The molecule has 0 spiro atoms. The molecule has 2 heteroatoms. The normalized spacial score (nSPS) is 20.7. The van der Waals surface area contributed by atoms with Crippen molar-refractivity contribution in [3.8, 4) is 0 Å². The molecule has 3 unspecified atom stereocenters. The van der Waals surface area contributed by atoms with Gasteiger partial charge in [-0.1, -0.05) is 130 Å². The molecule has 0 heterocycles. The second kappa shape index (κ2) is 13.9. The fraction of sp³-hybridized carbons (Fsp3) is 0.209. The van der Waals surface area contributed by atoms with Crippen LogP contribution < -0.4 is 10.2 Å². The van der Waals surface area contributed by atoms with Crippen LogP contribution in [0.15, 0.2) is 163 Å². The minimum atomic E-state index is 0.319. The predicted molar refractivity (Wildman–Crippen MR) is 195 cm³/mol. The molecule has 0 saturated carbocycles. The number of hydrogen-bond acceptors (Lipinski definition) is 2. The van der Waals surface area contributed by atoms with Crippen LogP contribution >= 0.6 is 0 Å². The first-order valence-electron chi connectivity index (χ1n) is 16.3. The molecule has 4 aliphatic rings. The summed E-state index contributed by atoms with van der Waals surface area (Å²) in [6, 6.07) is 26.0. The van der Waals surface area contributed by atoms with E-state index in [4.69, 9.17) is 0 Å². The van der Waals surface area contributed by atoms with Gasteiger partial charge >= 0.3 is 0 Å². The summed E-state index contributed by atoms with van der Waals surface area (Å²) in [6.07, 6.45) is 29.2. The first kappa shape index (κ1) is 30.2. The Labute approximate surface area is 269 Å². The smallest absolute Gasteiger partial charge is 0.0560 e. The zero-order chi connectivity index (χ0) is 31.2. The van der Waals surface area contributed by atoms with Gasteiger partial charge in [-0.3, -0.25) is 0 Å². The molecule has 3 aromatic carbocycles. The summed E-state index contributed by atoms with van der Waals surface area (Å²) in [4.78, 5) is 2.54. The number of rotatable bonds is 7.